The van der Waals surface area contributed by atoms with E-state index >= 15 is 0 Å². The SMILES string of the molecule is C=CCN1C(=O)/C(=C\c2c(C)c(C#N)c(=O)n(CCC)c2N2CCN(c3ccccc3F)CC2)SC1=S. The average Bonchev–Trinajstić information content (AvgIpc) is 3.15. The number of para-hydroxylation sites is 1. The molecule has 192 valence electrons. The average molecular weight is 538 g/mol. The molecule has 2 aromatic rings. The van der Waals surface area contributed by atoms with Crippen LogP contribution in [-0.4, -0.2) is 52.4 Å². The van der Waals surface area contributed by atoms with E-state index in [-0.39, 0.29) is 22.8 Å². The number of hydrogen-bond donors (Lipinski definition) is 0. The van der Waals surface area contributed by atoms with Gasteiger partial charge in [-0.2, -0.15) is 5.26 Å². The van der Waals surface area contributed by atoms with Crippen molar-refractivity contribution < 1.29 is 9.18 Å². The van der Waals surface area contributed by atoms with Crippen molar-refractivity contribution in [2.75, 3.05) is 42.5 Å². The van der Waals surface area contributed by atoms with Gasteiger partial charge in [0.25, 0.3) is 11.5 Å². The maximum absolute atomic E-state index is 14.4. The highest BCUT2D eigenvalue weighted by molar-refractivity contribution is 8.26. The van der Waals surface area contributed by atoms with Crippen molar-refractivity contribution in [2.24, 2.45) is 0 Å². The summed E-state index contributed by atoms with van der Waals surface area (Å²) in [7, 11) is 0. The van der Waals surface area contributed by atoms with E-state index in [0.717, 1.165) is 0 Å². The van der Waals surface area contributed by atoms with E-state index in [1.807, 2.05) is 17.9 Å². The first-order valence-corrected chi connectivity index (χ1v) is 13.3. The molecule has 37 heavy (non-hydrogen) atoms. The third-order valence-electron chi connectivity index (χ3n) is 6.53. The zero-order valence-electron chi connectivity index (χ0n) is 20.9. The number of amides is 1. The Kier molecular flexibility index (Phi) is 8.15. The summed E-state index contributed by atoms with van der Waals surface area (Å²) in [4.78, 5) is 32.5. The molecule has 2 aliphatic rings. The van der Waals surface area contributed by atoms with E-state index in [1.165, 1.54) is 22.7 Å². The second-order valence-electron chi connectivity index (χ2n) is 8.81. The molecule has 4 rings (SSSR count). The molecule has 0 bridgehead atoms. The van der Waals surface area contributed by atoms with Crippen LogP contribution < -0.4 is 15.4 Å². The van der Waals surface area contributed by atoms with Gasteiger partial charge in [-0.25, -0.2) is 4.39 Å². The highest BCUT2D eigenvalue weighted by Crippen LogP contribution is 2.36. The molecule has 0 saturated carbocycles. The summed E-state index contributed by atoms with van der Waals surface area (Å²) in [6.07, 6.45) is 4.06. The fourth-order valence-electron chi connectivity index (χ4n) is 4.70. The molecule has 3 heterocycles. The van der Waals surface area contributed by atoms with Crippen LogP contribution >= 0.6 is 24.0 Å². The normalized spacial score (nSPS) is 17.0. The van der Waals surface area contributed by atoms with E-state index in [2.05, 4.69) is 17.5 Å². The maximum Gasteiger partial charge on any atom is 0.270 e. The molecule has 1 aromatic heterocycles. The molecular weight excluding hydrogens is 509 g/mol. The molecule has 2 aliphatic heterocycles. The molecule has 0 aliphatic carbocycles. The van der Waals surface area contributed by atoms with E-state index in [1.54, 1.807) is 35.8 Å². The van der Waals surface area contributed by atoms with Gasteiger partial charge < -0.3 is 9.80 Å². The van der Waals surface area contributed by atoms with Crippen LogP contribution in [0.1, 0.15) is 30.0 Å². The van der Waals surface area contributed by atoms with Crippen LogP contribution in [0, 0.1) is 24.1 Å². The largest absolute Gasteiger partial charge is 0.366 e. The number of aromatic nitrogens is 1. The van der Waals surface area contributed by atoms with E-state index in [4.69, 9.17) is 12.2 Å². The van der Waals surface area contributed by atoms with Crippen molar-refractivity contribution in [2.45, 2.75) is 26.8 Å². The minimum atomic E-state index is -0.343. The standard InChI is InChI=1S/C27H28FN5O2S2/c1-4-10-32-24(31-14-12-30(13-15-31)22-9-7-6-8-21(22)28)19(18(3)20(17-29)25(32)34)16-23-26(35)33(11-5-2)27(36)37-23/h5-9,16H,2,4,10-15H2,1,3H3/b23-16+. The lowest BCUT2D eigenvalue weighted by Gasteiger charge is -2.39. The molecule has 10 heteroatoms. The molecule has 1 amide bonds. The first-order valence-electron chi connectivity index (χ1n) is 12.1. The topological polar surface area (TPSA) is 72.6 Å². The molecule has 0 spiro atoms. The first-order chi connectivity index (χ1) is 17.8. The summed E-state index contributed by atoms with van der Waals surface area (Å²) < 4.78 is 16.5. The third-order valence-corrected chi connectivity index (χ3v) is 7.90. The number of hydrogen-bond acceptors (Lipinski definition) is 7. The van der Waals surface area contributed by atoms with Gasteiger partial charge in [-0.15, -0.1) is 6.58 Å². The number of pyridine rings is 1. The monoisotopic (exact) mass is 537 g/mol. The van der Waals surface area contributed by atoms with Gasteiger partial charge in [0.15, 0.2) is 0 Å². The number of rotatable bonds is 7. The quantitative estimate of drug-likeness (QED) is 0.296. The van der Waals surface area contributed by atoms with Gasteiger partial charge in [-0.1, -0.05) is 49.1 Å². The summed E-state index contributed by atoms with van der Waals surface area (Å²) in [5.74, 6) is 0.178. The summed E-state index contributed by atoms with van der Waals surface area (Å²) in [5.41, 5.74) is 1.46. The van der Waals surface area contributed by atoms with Crippen molar-refractivity contribution in [3.05, 3.63) is 74.7 Å². The molecule has 0 unspecified atom stereocenters. The number of carbonyl (C=O) groups excluding carboxylic acids is 1. The van der Waals surface area contributed by atoms with Crippen LogP contribution in [0.3, 0.4) is 0 Å². The van der Waals surface area contributed by atoms with Crippen LogP contribution in [0.4, 0.5) is 15.9 Å². The first kappa shape index (κ1) is 26.6. The Bertz CT molecular complexity index is 1390. The van der Waals surface area contributed by atoms with Gasteiger partial charge in [0.2, 0.25) is 0 Å². The minimum absolute atomic E-state index is 0.0648. The molecule has 2 fully saturated rings. The van der Waals surface area contributed by atoms with Crippen LogP contribution in [0.15, 0.2) is 46.6 Å². The summed E-state index contributed by atoms with van der Waals surface area (Å²) in [5, 5.41) is 9.82. The number of anilines is 2. The maximum atomic E-state index is 14.4. The molecule has 0 radical (unpaired) electrons. The Balaban J connectivity index is 1.80. The number of thioether (sulfide) groups is 1. The molecule has 0 atom stereocenters. The van der Waals surface area contributed by atoms with E-state index in [9.17, 15) is 19.2 Å². The zero-order valence-corrected chi connectivity index (χ0v) is 22.5. The molecular formula is C27H28FN5O2S2. The lowest BCUT2D eigenvalue weighted by Crippen LogP contribution is -2.49. The van der Waals surface area contributed by atoms with Crippen molar-refractivity contribution in [3.8, 4) is 6.07 Å². The number of benzene rings is 1. The highest BCUT2D eigenvalue weighted by atomic mass is 32.2. The molecule has 2 saturated heterocycles. The van der Waals surface area contributed by atoms with Gasteiger partial charge in [-0.3, -0.25) is 19.1 Å². The van der Waals surface area contributed by atoms with Crippen LogP contribution in [0.2, 0.25) is 0 Å². The number of nitrogens with zero attached hydrogens (tertiary/aromatic N) is 5. The number of piperazine rings is 1. The van der Waals surface area contributed by atoms with Crippen LogP contribution in [0.5, 0.6) is 0 Å². The predicted molar refractivity (Wildman–Crippen MR) is 151 cm³/mol. The Morgan fingerprint density at radius 1 is 1.19 bits per heavy atom. The van der Waals surface area contributed by atoms with Gasteiger partial charge in [0.1, 0.15) is 27.6 Å². The fraction of sp³-hybridized carbons (Fsp3) is 0.333. The summed E-state index contributed by atoms with van der Waals surface area (Å²) in [6.45, 7) is 10.3. The van der Waals surface area contributed by atoms with Crippen molar-refractivity contribution in [1.29, 1.82) is 5.26 Å². The minimum Gasteiger partial charge on any atom is -0.366 e. The van der Waals surface area contributed by atoms with Gasteiger partial charge in [0, 0.05) is 44.8 Å². The number of halogens is 1. The lowest BCUT2D eigenvalue weighted by molar-refractivity contribution is -0.121. The second-order valence-corrected chi connectivity index (χ2v) is 10.5. The Labute approximate surface area is 225 Å². The smallest absolute Gasteiger partial charge is 0.270 e. The Morgan fingerprint density at radius 3 is 2.49 bits per heavy atom. The molecule has 7 nitrogen and oxygen atoms in total. The fourth-order valence-corrected chi connectivity index (χ4v) is 5.96. The van der Waals surface area contributed by atoms with E-state index in [0.29, 0.717) is 77.5 Å². The second kappa shape index (κ2) is 11.3. The molecule has 1 aromatic carbocycles. The third kappa shape index (κ3) is 5.06. The lowest BCUT2D eigenvalue weighted by atomic mass is 10.0. The predicted octanol–water partition coefficient (Wildman–Crippen LogP) is 4.29. The van der Waals surface area contributed by atoms with Gasteiger partial charge >= 0.3 is 0 Å². The Morgan fingerprint density at radius 2 is 1.86 bits per heavy atom. The van der Waals surface area contributed by atoms with Crippen LogP contribution in [-0.2, 0) is 11.3 Å². The van der Waals surface area contributed by atoms with Gasteiger partial charge in [-0.05, 0) is 37.1 Å². The highest BCUT2D eigenvalue weighted by Gasteiger charge is 2.33. The van der Waals surface area contributed by atoms with Crippen molar-refractivity contribution in [1.82, 2.24) is 9.47 Å². The van der Waals surface area contributed by atoms with E-state index < -0.39 is 0 Å². The Hall–Kier alpha value is -3.42. The van der Waals surface area contributed by atoms with Crippen molar-refractivity contribution >= 4 is 51.8 Å². The summed E-state index contributed by atoms with van der Waals surface area (Å²) >= 11 is 6.60. The molecule has 0 N–H and O–H groups in total. The number of nitriles is 1. The summed E-state index contributed by atoms with van der Waals surface area (Å²) in [6, 6.07) is 8.77. The van der Waals surface area contributed by atoms with Crippen LogP contribution in [0.25, 0.3) is 6.08 Å². The van der Waals surface area contributed by atoms with Crippen molar-refractivity contribution in [3.63, 3.8) is 0 Å². The van der Waals surface area contributed by atoms with Gasteiger partial charge in [0.05, 0.1) is 10.6 Å². The zero-order chi connectivity index (χ0) is 26.7. The number of thiocarbonyl (C=S) groups is 1. The number of carbonyl (C=O) groups is 1.